The number of amides is 6. The highest BCUT2D eigenvalue weighted by Gasteiger charge is 2.24. The standard InChI is InChI=1S/C23H37N5O7/c1-14(2)35-13-24-21(32)15(3)26-23(34)17(5)27-22(33)16(4)25-18(29)9-7-6-8-12-28-19(30)10-11-20(28)31/h10-11,14-17H,6-9,12-13H2,1-5H3,(H,24,32)(H,25,29)(H,26,34)(H,27,33)/t15-,16-,17+/m0/s1. The molecule has 0 saturated heterocycles. The van der Waals surface area contributed by atoms with Gasteiger partial charge in [-0.15, -0.1) is 0 Å². The van der Waals surface area contributed by atoms with Gasteiger partial charge in [-0.1, -0.05) is 6.42 Å². The van der Waals surface area contributed by atoms with Crippen LogP contribution >= 0.6 is 0 Å². The van der Waals surface area contributed by atoms with Gasteiger partial charge in [0, 0.05) is 25.1 Å². The van der Waals surface area contributed by atoms with E-state index in [1.165, 1.54) is 32.9 Å². The molecular formula is C23H37N5O7. The summed E-state index contributed by atoms with van der Waals surface area (Å²) in [4.78, 5) is 72.8. The van der Waals surface area contributed by atoms with E-state index in [0.29, 0.717) is 25.8 Å². The Morgan fingerprint density at radius 1 is 0.771 bits per heavy atom. The summed E-state index contributed by atoms with van der Waals surface area (Å²) in [7, 11) is 0. The van der Waals surface area contributed by atoms with Crippen molar-refractivity contribution in [2.45, 2.75) is 84.5 Å². The second kappa shape index (κ2) is 14.9. The topological polar surface area (TPSA) is 163 Å². The van der Waals surface area contributed by atoms with Crippen LogP contribution in [0, 0.1) is 0 Å². The van der Waals surface area contributed by atoms with Gasteiger partial charge in [0.15, 0.2) is 0 Å². The first-order valence-corrected chi connectivity index (χ1v) is 11.7. The molecule has 1 aliphatic heterocycles. The van der Waals surface area contributed by atoms with Crippen molar-refractivity contribution in [2.75, 3.05) is 13.3 Å². The molecule has 0 spiro atoms. The number of nitrogens with one attached hydrogen (secondary N) is 4. The van der Waals surface area contributed by atoms with Gasteiger partial charge in [0.2, 0.25) is 23.6 Å². The summed E-state index contributed by atoms with van der Waals surface area (Å²) in [5.41, 5.74) is 0. The number of ether oxygens (including phenoxy) is 1. The van der Waals surface area contributed by atoms with Crippen LogP contribution in [0.4, 0.5) is 0 Å². The van der Waals surface area contributed by atoms with Gasteiger partial charge in [-0.2, -0.15) is 0 Å². The van der Waals surface area contributed by atoms with Crippen molar-refractivity contribution in [1.29, 1.82) is 0 Å². The lowest BCUT2D eigenvalue weighted by molar-refractivity contribution is -0.137. The number of hydrogen-bond acceptors (Lipinski definition) is 7. The number of imide groups is 1. The van der Waals surface area contributed by atoms with Crippen molar-refractivity contribution in [3.8, 4) is 0 Å². The lowest BCUT2D eigenvalue weighted by Gasteiger charge is -2.20. The van der Waals surface area contributed by atoms with Gasteiger partial charge < -0.3 is 26.0 Å². The normalized spacial score (nSPS) is 15.5. The molecule has 4 N–H and O–H groups in total. The predicted molar refractivity (Wildman–Crippen MR) is 126 cm³/mol. The number of carbonyl (C=O) groups is 6. The molecule has 0 saturated carbocycles. The SMILES string of the molecule is CC(C)OCNC(=O)[C@H](C)NC(=O)[C@@H](C)NC(=O)[C@H](C)NC(=O)CCCCCN1C(=O)C=CC1=O. The molecule has 6 amide bonds. The zero-order chi connectivity index (χ0) is 26.5. The molecule has 3 atom stereocenters. The first-order valence-electron chi connectivity index (χ1n) is 11.7. The van der Waals surface area contributed by atoms with Crippen molar-refractivity contribution in [3.63, 3.8) is 0 Å². The van der Waals surface area contributed by atoms with Crippen LogP contribution in [-0.4, -0.2) is 77.8 Å². The van der Waals surface area contributed by atoms with Gasteiger partial charge in [-0.25, -0.2) is 0 Å². The van der Waals surface area contributed by atoms with Crippen LogP contribution in [0.1, 0.15) is 60.3 Å². The van der Waals surface area contributed by atoms with Crippen molar-refractivity contribution in [2.24, 2.45) is 0 Å². The van der Waals surface area contributed by atoms with Gasteiger partial charge in [0.1, 0.15) is 24.9 Å². The smallest absolute Gasteiger partial charge is 0.253 e. The highest BCUT2D eigenvalue weighted by Crippen LogP contribution is 2.07. The number of nitrogens with zero attached hydrogens (tertiary/aromatic N) is 1. The van der Waals surface area contributed by atoms with Crippen LogP contribution in [0.2, 0.25) is 0 Å². The van der Waals surface area contributed by atoms with Gasteiger partial charge in [-0.3, -0.25) is 33.7 Å². The number of rotatable bonds is 15. The fraction of sp³-hybridized carbons (Fsp3) is 0.652. The van der Waals surface area contributed by atoms with E-state index in [1.807, 2.05) is 13.8 Å². The minimum atomic E-state index is -0.922. The molecule has 0 radical (unpaired) electrons. The molecule has 0 aliphatic carbocycles. The molecule has 0 aromatic heterocycles. The average Bonchev–Trinajstić information content (AvgIpc) is 3.10. The maximum atomic E-state index is 12.3. The number of hydrogen-bond donors (Lipinski definition) is 4. The Balaban J connectivity index is 2.26. The maximum Gasteiger partial charge on any atom is 0.253 e. The Morgan fingerprint density at radius 3 is 1.83 bits per heavy atom. The Bertz CT molecular complexity index is 809. The number of carbonyl (C=O) groups excluding carboxylic acids is 6. The van der Waals surface area contributed by atoms with Gasteiger partial charge in [0.05, 0.1) is 6.10 Å². The van der Waals surface area contributed by atoms with Crippen molar-refractivity contribution >= 4 is 35.4 Å². The molecule has 1 heterocycles. The van der Waals surface area contributed by atoms with Gasteiger partial charge in [0.25, 0.3) is 11.8 Å². The molecule has 0 fully saturated rings. The first kappa shape index (κ1) is 29.8. The summed E-state index contributed by atoms with van der Waals surface area (Å²) >= 11 is 0. The minimum Gasteiger partial charge on any atom is -0.359 e. The molecule has 0 unspecified atom stereocenters. The molecule has 0 bridgehead atoms. The summed E-state index contributed by atoms with van der Waals surface area (Å²) in [6, 6.07) is -2.61. The Labute approximate surface area is 205 Å². The highest BCUT2D eigenvalue weighted by atomic mass is 16.5. The molecule has 12 nitrogen and oxygen atoms in total. The third-order valence-corrected chi connectivity index (χ3v) is 5.12. The van der Waals surface area contributed by atoms with Crippen molar-refractivity contribution < 1.29 is 33.5 Å². The third-order valence-electron chi connectivity index (χ3n) is 5.12. The van der Waals surface area contributed by atoms with E-state index in [9.17, 15) is 28.8 Å². The van der Waals surface area contributed by atoms with E-state index in [4.69, 9.17) is 4.74 Å². The average molecular weight is 496 g/mol. The van der Waals surface area contributed by atoms with Gasteiger partial charge in [-0.05, 0) is 47.5 Å². The summed E-state index contributed by atoms with van der Waals surface area (Å²) < 4.78 is 5.23. The number of unbranched alkanes of at least 4 members (excludes halogenated alkanes) is 2. The maximum absolute atomic E-state index is 12.3. The van der Waals surface area contributed by atoms with Crippen LogP contribution in [0.3, 0.4) is 0 Å². The minimum absolute atomic E-state index is 0.0233. The predicted octanol–water partition coefficient (Wildman–Crippen LogP) is -0.515. The molecule has 0 aromatic carbocycles. The van der Waals surface area contributed by atoms with E-state index in [1.54, 1.807) is 0 Å². The summed E-state index contributed by atoms with van der Waals surface area (Å²) in [6.45, 7) is 8.46. The zero-order valence-corrected chi connectivity index (χ0v) is 21.0. The van der Waals surface area contributed by atoms with E-state index in [0.717, 1.165) is 4.90 Å². The quantitative estimate of drug-likeness (QED) is 0.135. The van der Waals surface area contributed by atoms with Crippen molar-refractivity contribution in [1.82, 2.24) is 26.2 Å². The van der Waals surface area contributed by atoms with Crippen LogP contribution in [-0.2, 0) is 33.5 Å². The summed E-state index contributed by atoms with van der Waals surface area (Å²) in [5.74, 6) is -2.49. The zero-order valence-electron chi connectivity index (χ0n) is 21.0. The Morgan fingerprint density at radius 2 is 1.29 bits per heavy atom. The van der Waals surface area contributed by atoms with E-state index in [-0.39, 0.29) is 37.0 Å². The second-order valence-corrected chi connectivity index (χ2v) is 8.62. The molecular weight excluding hydrogens is 458 g/mol. The summed E-state index contributed by atoms with van der Waals surface area (Å²) in [6.07, 6.45) is 4.34. The van der Waals surface area contributed by atoms with Gasteiger partial charge >= 0.3 is 0 Å². The van der Waals surface area contributed by atoms with E-state index < -0.39 is 35.8 Å². The Kier molecular flexibility index (Phi) is 12.6. The van der Waals surface area contributed by atoms with Crippen LogP contribution < -0.4 is 21.3 Å². The van der Waals surface area contributed by atoms with Crippen LogP contribution in [0.25, 0.3) is 0 Å². The first-order chi connectivity index (χ1) is 16.4. The summed E-state index contributed by atoms with van der Waals surface area (Å²) in [5, 5.41) is 10.1. The molecule has 1 rings (SSSR count). The molecule has 1 aliphatic rings. The monoisotopic (exact) mass is 495 g/mol. The largest absolute Gasteiger partial charge is 0.359 e. The third kappa shape index (κ3) is 11.1. The molecule has 35 heavy (non-hydrogen) atoms. The lowest BCUT2D eigenvalue weighted by Crippen LogP contribution is -2.54. The van der Waals surface area contributed by atoms with E-state index >= 15 is 0 Å². The molecule has 12 heteroatoms. The molecule has 196 valence electrons. The van der Waals surface area contributed by atoms with Crippen LogP contribution in [0.15, 0.2) is 12.2 Å². The molecule has 0 aromatic rings. The second-order valence-electron chi connectivity index (χ2n) is 8.62. The highest BCUT2D eigenvalue weighted by molar-refractivity contribution is 6.12. The lowest BCUT2D eigenvalue weighted by atomic mass is 10.1. The fourth-order valence-electron chi connectivity index (χ4n) is 3.00. The van der Waals surface area contributed by atoms with Crippen LogP contribution in [0.5, 0.6) is 0 Å². The van der Waals surface area contributed by atoms with E-state index in [2.05, 4.69) is 21.3 Å². The Hall–Kier alpha value is -3.28. The van der Waals surface area contributed by atoms with Crippen molar-refractivity contribution in [3.05, 3.63) is 12.2 Å². The fourth-order valence-corrected chi connectivity index (χ4v) is 3.00.